The van der Waals surface area contributed by atoms with Crippen LogP contribution in [0.3, 0.4) is 0 Å². The summed E-state index contributed by atoms with van der Waals surface area (Å²) >= 11 is 0. The third-order valence-electron chi connectivity index (χ3n) is 11.4. The summed E-state index contributed by atoms with van der Waals surface area (Å²) < 4.78 is 0. The van der Waals surface area contributed by atoms with Crippen LogP contribution in [0.2, 0.25) is 0 Å². The Hall–Kier alpha value is -7.63. The van der Waals surface area contributed by atoms with Crippen LogP contribution in [-0.2, 0) is 0 Å². The third-order valence-corrected chi connectivity index (χ3v) is 11.4. The van der Waals surface area contributed by atoms with Crippen molar-refractivity contribution in [2.45, 2.75) is 0 Å². The number of aromatic nitrogens is 5. The molecule has 3 aromatic heterocycles. The molecule has 2 aliphatic rings. The Kier molecular flexibility index (Phi) is 6.56. The van der Waals surface area contributed by atoms with Gasteiger partial charge in [0, 0.05) is 41.5 Å². The first-order valence-electron chi connectivity index (χ1n) is 18.8. The number of hydrogen-bond donors (Lipinski definition) is 0. The fraction of sp³-hybridized carbons (Fsp3) is 0. The molecule has 3 heterocycles. The summed E-state index contributed by atoms with van der Waals surface area (Å²) in [4.78, 5) is 24.0. The SMILES string of the molecule is c1cncc(-c2nc(-c3cccnc3)nc(-c3cc(-c4ccc5c6c(cccc46)-c4ccccc4-5)cc(-c4ccc5c6c(cccc46)-c4ccccc4-5)c3)n2)c1. The van der Waals surface area contributed by atoms with Gasteiger partial charge in [0.05, 0.1) is 0 Å². The molecule has 56 heavy (non-hydrogen) atoms. The maximum atomic E-state index is 5.14. The highest BCUT2D eigenvalue weighted by atomic mass is 15.0. The lowest BCUT2D eigenvalue weighted by atomic mass is 9.89. The van der Waals surface area contributed by atoms with Gasteiger partial charge < -0.3 is 0 Å². The lowest BCUT2D eigenvalue weighted by Gasteiger charge is -2.16. The minimum atomic E-state index is 0.556. The van der Waals surface area contributed by atoms with Crippen molar-refractivity contribution >= 4 is 21.5 Å². The molecule has 5 heteroatoms. The van der Waals surface area contributed by atoms with Gasteiger partial charge in [-0.3, -0.25) is 9.97 Å². The van der Waals surface area contributed by atoms with Gasteiger partial charge in [-0.05, 0) is 131 Å². The molecule has 0 unspecified atom stereocenters. The molecule has 7 aromatic carbocycles. The van der Waals surface area contributed by atoms with E-state index in [0.29, 0.717) is 17.5 Å². The minimum Gasteiger partial charge on any atom is -0.264 e. The van der Waals surface area contributed by atoms with Gasteiger partial charge in [0.15, 0.2) is 17.5 Å². The predicted molar refractivity (Wildman–Crippen MR) is 226 cm³/mol. The summed E-state index contributed by atoms with van der Waals surface area (Å²) in [5.41, 5.74) is 17.3. The van der Waals surface area contributed by atoms with E-state index in [4.69, 9.17) is 15.0 Å². The second-order valence-electron chi connectivity index (χ2n) is 14.5. The van der Waals surface area contributed by atoms with E-state index in [2.05, 4.69) is 137 Å². The van der Waals surface area contributed by atoms with Crippen molar-refractivity contribution in [3.63, 3.8) is 0 Å². The van der Waals surface area contributed by atoms with Crippen molar-refractivity contribution in [3.05, 3.63) is 176 Å². The highest BCUT2D eigenvalue weighted by molar-refractivity contribution is 6.20. The summed E-state index contributed by atoms with van der Waals surface area (Å²) in [6.45, 7) is 0. The van der Waals surface area contributed by atoms with Gasteiger partial charge in [-0.15, -0.1) is 0 Å². The van der Waals surface area contributed by atoms with Gasteiger partial charge in [0.2, 0.25) is 0 Å². The molecule has 0 fully saturated rings. The van der Waals surface area contributed by atoms with Gasteiger partial charge in [-0.1, -0.05) is 109 Å². The smallest absolute Gasteiger partial charge is 0.165 e. The molecule has 0 atom stereocenters. The van der Waals surface area contributed by atoms with Crippen LogP contribution in [0.15, 0.2) is 176 Å². The highest BCUT2D eigenvalue weighted by Gasteiger charge is 2.25. The van der Waals surface area contributed by atoms with Crippen molar-refractivity contribution in [1.29, 1.82) is 0 Å². The molecular formula is C51H29N5. The number of benzene rings is 7. The molecule has 12 rings (SSSR count). The predicted octanol–water partition coefficient (Wildman–Crippen LogP) is 12.6. The first-order chi connectivity index (χ1) is 27.8. The van der Waals surface area contributed by atoms with Gasteiger partial charge in [-0.25, -0.2) is 15.0 Å². The lowest BCUT2D eigenvalue weighted by molar-refractivity contribution is 1.07. The largest absolute Gasteiger partial charge is 0.264 e. The van der Waals surface area contributed by atoms with Gasteiger partial charge >= 0.3 is 0 Å². The molecule has 0 amide bonds. The summed E-state index contributed by atoms with van der Waals surface area (Å²) in [6, 6.07) is 54.6. The molecule has 0 saturated carbocycles. The van der Waals surface area contributed by atoms with Gasteiger partial charge in [-0.2, -0.15) is 0 Å². The van der Waals surface area contributed by atoms with Gasteiger partial charge in [0.1, 0.15) is 0 Å². The maximum absolute atomic E-state index is 5.14. The number of pyridine rings is 2. The summed E-state index contributed by atoms with van der Waals surface area (Å²) in [5, 5.41) is 5.02. The average Bonchev–Trinajstić information content (AvgIpc) is 3.78. The monoisotopic (exact) mass is 711 g/mol. The lowest BCUT2D eigenvalue weighted by Crippen LogP contribution is -2.01. The second-order valence-corrected chi connectivity index (χ2v) is 14.5. The zero-order valence-electron chi connectivity index (χ0n) is 30.0. The molecule has 0 N–H and O–H groups in total. The van der Waals surface area contributed by atoms with E-state index in [0.717, 1.165) is 38.9 Å². The van der Waals surface area contributed by atoms with E-state index in [1.54, 1.807) is 24.8 Å². The fourth-order valence-corrected chi connectivity index (χ4v) is 8.94. The van der Waals surface area contributed by atoms with Crippen molar-refractivity contribution in [1.82, 2.24) is 24.9 Å². The van der Waals surface area contributed by atoms with Crippen molar-refractivity contribution < 1.29 is 0 Å². The number of hydrogen-bond acceptors (Lipinski definition) is 5. The van der Waals surface area contributed by atoms with E-state index >= 15 is 0 Å². The maximum Gasteiger partial charge on any atom is 0.165 e. The molecular weight excluding hydrogens is 683 g/mol. The molecule has 258 valence electrons. The molecule has 0 radical (unpaired) electrons. The zero-order valence-corrected chi connectivity index (χ0v) is 30.0. The normalized spacial score (nSPS) is 11.9. The molecule has 10 aromatic rings. The first kappa shape index (κ1) is 30.8. The van der Waals surface area contributed by atoms with E-state index < -0.39 is 0 Å². The van der Waals surface area contributed by atoms with Crippen molar-refractivity contribution in [2.75, 3.05) is 0 Å². The Balaban J connectivity index is 1.13. The number of nitrogens with zero attached hydrogens (tertiary/aromatic N) is 5. The van der Waals surface area contributed by atoms with Crippen LogP contribution in [0.5, 0.6) is 0 Å². The second kappa shape index (κ2) is 11.9. The van der Waals surface area contributed by atoms with Crippen LogP contribution in [0.1, 0.15) is 0 Å². The average molecular weight is 712 g/mol. The summed E-state index contributed by atoms with van der Waals surface area (Å²) in [6.07, 6.45) is 7.11. The fourth-order valence-electron chi connectivity index (χ4n) is 8.94. The van der Waals surface area contributed by atoms with Crippen LogP contribution in [0.4, 0.5) is 0 Å². The quantitative estimate of drug-likeness (QED) is 0.178. The highest BCUT2D eigenvalue weighted by Crippen LogP contribution is 2.51. The van der Waals surface area contributed by atoms with E-state index in [-0.39, 0.29) is 0 Å². The van der Waals surface area contributed by atoms with Crippen LogP contribution >= 0.6 is 0 Å². The minimum absolute atomic E-state index is 0.556. The van der Waals surface area contributed by atoms with Crippen LogP contribution in [-0.4, -0.2) is 24.9 Å². The summed E-state index contributed by atoms with van der Waals surface area (Å²) in [7, 11) is 0. The van der Waals surface area contributed by atoms with Crippen LogP contribution in [0, 0.1) is 0 Å². The Morgan fingerprint density at radius 1 is 0.268 bits per heavy atom. The third kappa shape index (κ3) is 4.58. The van der Waals surface area contributed by atoms with Crippen molar-refractivity contribution in [3.8, 4) is 101 Å². The Labute approximate surface area is 322 Å². The molecule has 0 bridgehead atoms. The standard InChI is InChI=1S/C51H29N5/c1-3-13-39-37(11-1)43-17-5-15-41-35(19-21-45(39)47(41)43)32-25-33(36-20-22-46-40-14-4-2-12-38(40)44-18-6-16-42(36)48(44)46)27-34(26-32)51-55-49(30-9-7-23-52-28-30)54-50(56-51)31-10-8-24-53-29-31/h1-29H. The number of fused-ring (bicyclic) bond motifs is 6. The molecule has 0 saturated heterocycles. The topological polar surface area (TPSA) is 64.5 Å². The molecule has 0 aliphatic heterocycles. The van der Waals surface area contributed by atoms with Crippen LogP contribution < -0.4 is 0 Å². The van der Waals surface area contributed by atoms with Crippen LogP contribution in [0.25, 0.3) is 122 Å². The van der Waals surface area contributed by atoms with E-state index in [9.17, 15) is 0 Å². The molecule has 0 spiro atoms. The van der Waals surface area contributed by atoms with Crippen molar-refractivity contribution in [2.24, 2.45) is 0 Å². The van der Waals surface area contributed by atoms with E-state index in [1.807, 2.05) is 24.3 Å². The Morgan fingerprint density at radius 3 is 1.07 bits per heavy atom. The summed E-state index contributed by atoms with van der Waals surface area (Å²) in [5.74, 6) is 1.69. The van der Waals surface area contributed by atoms with E-state index in [1.165, 1.54) is 66.1 Å². The molecule has 5 nitrogen and oxygen atoms in total. The first-order valence-corrected chi connectivity index (χ1v) is 18.8. The molecule has 2 aliphatic carbocycles. The Bertz CT molecular complexity index is 2980. The van der Waals surface area contributed by atoms with Gasteiger partial charge in [0.25, 0.3) is 0 Å². The number of rotatable bonds is 5. The zero-order chi connectivity index (χ0) is 36.7. The Morgan fingerprint density at radius 2 is 0.643 bits per heavy atom.